The summed E-state index contributed by atoms with van der Waals surface area (Å²) in [5.41, 5.74) is 3.08. The lowest BCUT2D eigenvalue weighted by Crippen LogP contribution is -2.32. The third-order valence-corrected chi connectivity index (χ3v) is 4.64. The molecule has 0 saturated carbocycles. The molecule has 0 bridgehead atoms. The molecular formula is C22H20N4O2. The number of hydrogen-bond donors (Lipinski definition) is 1. The number of pyridine rings is 1. The average Bonchev–Trinajstić information content (AvgIpc) is 3.10. The third kappa shape index (κ3) is 3.57. The lowest BCUT2D eigenvalue weighted by molar-refractivity contribution is 0.102. The van der Waals surface area contributed by atoms with Gasteiger partial charge in [0.05, 0.1) is 11.9 Å². The molecule has 1 saturated heterocycles. The van der Waals surface area contributed by atoms with Crippen LogP contribution in [0.5, 0.6) is 0 Å². The predicted molar refractivity (Wildman–Crippen MR) is 110 cm³/mol. The van der Waals surface area contributed by atoms with Gasteiger partial charge < -0.3 is 5.32 Å². The monoisotopic (exact) mass is 372 g/mol. The summed E-state index contributed by atoms with van der Waals surface area (Å²) >= 11 is 0. The molecule has 28 heavy (non-hydrogen) atoms. The van der Waals surface area contributed by atoms with Crippen LogP contribution in [0.15, 0.2) is 72.9 Å². The van der Waals surface area contributed by atoms with Gasteiger partial charge in [-0.15, -0.1) is 0 Å². The van der Waals surface area contributed by atoms with Crippen molar-refractivity contribution in [3.05, 3.63) is 84.1 Å². The number of hydrogen-bond acceptors (Lipinski definition) is 3. The number of amides is 3. The number of para-hydroxylation sites is 1. The summed E-state index contributed by atoms with van der Waals surface area (Å²) in [6.45, 7) is 3.12. The highest BCUT2D eigenvalue weighted by Crippen LogP contribution is 2.24. The van der Waals surface area contributed by atoms with Crippen LogP contribution in [0.2, 0.25) is 0 Å². The summed E-state index contributed by atoms with van der Waals surface area (Å²) in [7, 11) is 0. The Bertz CT molecular complexity index is 1000. The van der Waals surface area contributed by atoms with Crippen LogP contribution in [-0.4, -0.2) is 30.0 Å². The highest BCUT2D eigenvalue weighted by molar-refractivity contribution is 6.06. The van der Waals surface area contributed by atoms with Gasteiger partial charge in [0, 0.05) is 24.3 Å². The second-order valence-electron chi connectivity index (χ2n) is 6.65. The first-order valence-electron chi connectivity index (χ1n) is 9.10. The minimum Gasteiger partial charge on any atom is -0.321 e. The van der Waals surface area contributed by atoms with Crippen LogP contribution in [-0.2, 0) is 0 Å². The summed E-state index contributed by atoms with van der Waals surface area (Å²) < 4.78 is 0. The maximum Gasteiger partial charge on any atom is 0.330 e. The molecule has 0 spiro atoms. The molecule has 2 heterocycles. The largest absolute Gasteiger partial charge is 0.330 e. The zero-order valence-electron chi connectivity index (χ0n) is 15.5. The first-order valence-corrected chi connectivity index (χ1v) is 9.10. The zero-order chi connectivity index (χ0) is 19.5. The first-order chi connectivity index (χ1) is 13.6. The second-order valence-corrected chi connectivity index (χ2v) is 6.65. The Morgan fingerprint density at radius 3 is 2.46 bits per heavy atom. The average molecular weight is 372 g/mol. The van der Waals surface area contributed by atoms with Crippen molar-refractivity contribution in [1.82, 2.24) is 4.98 Å². The van der Waals surface area contributed by atoms with Crippen molar-refractivity contribution < 1.29 is 9.59 Å². The van der Waals surface area contributed by atoms with Gasteiger partial charge in [0.1, 0.15) is 5.82 Å². The van der Waals surface area contributed by atoms with Crippen LogP contribution in [0.3, 0.4) is 0 Å². The van der Waals surface area contributed by atoms with Crippen molar-refractivity contribution in [2.75, 3.05) is 28.2 Å². The minimum atomic E-state index is -0.189. The lowest BCUT2D eigenvalue weighted by atomic mass is 10.1. The normalized spacial score (nSPS) is 13.7. The van der Waals surface area contributed by atoms with Crippen LogP contribution >= 0.6 is 0 Å². The number of rotatable bonds is 4. The predicted octanol–water partition coefficient (Wildman–Crippen LogP) is 4.09. The fourth-order valence-electron chi connectivity index (χ4n) is 3.21. The van der Waals surface area contributed by atoms with Gasteiger partial charge in [-0.25, -0.2) is 9.78 Å². The van der Waals surface area contributed by atoms with Gasteiger partial charge in [-0.3, -0.25) is 14.6 Å². The van der Waals surface area contributed by atoms with Gasteiger partial charge in [0.15, 0.2) is 0 Å². The number of carbonyl (C=O) groups is 2. The number of aryl methyl sites for hydroxylation is 1. The Labute approximate surface area is 163 Å². The number of benzene rings is 2. The quantitative estimate of drug-likeness (QED) is 0.750. The summed E-state index contributed by atoms with van der Waals surface area (Å²) in [4.78, 5) is 32.8. The van der Waals surface area contributed by atoms with Crippen LogP contribution in [0.1, 0.15) is 15.9 Å². The van der Waals surface area contributed by atoms with E-state index < -0.39 is 0 Å². The molecule has 0 radical (unpaired) electrons. The second kappa shape index (κ2) is 7.52. The van der Waals surface area contributed by atoms with Crippen LogP contribution in [0.25, 0.3) is 0 Å². The molecule has 1 aliphatic rings. The molecule has 0 unspecified atom stereocenters. The van der Waals surface area contributed by atoms with Gasteiger partial charge in [-0.1, -0.05) is 35.9 Å². The minimum absolute atomic E-state index is 0.102. The van der Waals surface area contributed by atoms with Gasteiger partial charge in [-0.2, -0.15) is 0 Å². The van der Waals surface area contributed by atoms with Crippen molar-refractivity contribution in [1.29, 1.82) is 0 Å². The molecule has 1 fully saturated rings. The van der Waals surface area contributed by atoms with E-state index in [-0.39, 0.29) is 11.9 Å². The summed E-state index contributed by atoms with van der Waals surface area (Å²) in [6, 6.07) is 20.4. The van der Waals surface area contributed by atoms with Crippen LogP contribution in [0.4, 0.5) is 22.0 Å². The molecule has 140 valence electrons. The molecule has 2 aromatic carbocycles. The molecule has 6 heteroatoms. The Morgan fingerprint density at radius 2 is 1.75 bits per heavy atom. The number of aromatic nitrogens is 1. The van der Waals surface area contributed by atoms with Gasteiger partial charge in [0.25, 0.3) is 5.91 Å². The Morgan fingerprint density at radius 1 is 0.964 bits per heavy atom. The van der Waals surface area contributed by atoms with E-state index >= 15 is 0 Å². The van der Waals surface area contributed by atoms with Crippen molar-refractivity contribution in [3.63, 3.8) is 0 Å². The van der Waals surface area contributed by atoms with E-state index in [0.29, 0.717) is 30.2 Å². The molecule has 1 N–H and O–H groups in total. The maximum absolute atomic E-state index is 12.7. The first kappa shape index (κ1) is 17.7. The molecule has 0 atom stereocenters. The van der Waals surface area contributed by atoms with E-state index in [4.69, 9.17) is 0 Å². The topological polar surface area (TPSA) is 65.5 Å². The Balaban J connectivity index is 1.45. The molecule has 0 aliphatic carbocycles. The van der Waals surface area contributed by atoms with E-state index in [1.54, 1.807) is 34.2 Å². The number of carbonyl (C=O) groups excluding carboxylic acids is 2. The molecule has 1 aliphatic heterocycles. The zero-order valence-corrected chi connectivity index (χ0v) is 15.5. The fraction of sp³-hybridized carbons (Fsp3) is 0.136. The Hall–Kier alpha value is -3.67. The number of nitrogens with one attached hydrogen (secondary N) is 1. The van der Waals surface area contributed by atoms with Gasteiger partial charge in [-0.05, 0) is 43.3 Å². The third-order valence-electron chi connectivity index (χ3n) is 4.64. The maximum atomic E-state index is 12.7. The van der Waals surface area contributed by atoms with E-state index in [1.165, 1.54) is 0 Å². The molecule has 3 amide bonds. The molecule has 6 nitrogen and oxygen atoms in total. The van der Waals surface area contributed by atoms with Gasteiger partial charge in [0.2, 0.25) is 0 Å². The SMILES string of the molecule is Cc1cccc(C(=O)Nc2ccc(N3CCN(c4ccccc4)C3=O)nc2)c1. The highest BCUT2D eigenvalue weighted by Gasteiger charge is 2.31. The molecule has 1 aromatic heterocycles. The Kier molecular flexibility index (Phi) is 4.76. The van der Waals surface area contributed by atoms with E-state index in [9.17, 15) is 9.59 Å². The van der Waals surface area contributed by atoms with Crippen molar-refractivity contribution in [2.24, 2.45) is 0 Å². The smallest absolute Gasteiger partial charge is 0.321 e. The summed E-state index contributed by atoms with van der Waals surface area (Å²) in [6.07, 6.45) is 1.57. The van der Waals surface area contributed by atoms with Crippen molar-refractivity contribution in [2.45, 2.75) is 6.92 Å². The summed E-state index contributed by atoms with van der Waals surface area (Å²) in [5.74, 6) is 0.378. The number of nitrogens with zero attached hydrogens (tertiary/aromatic N) is 3. The molecular weight excluding hydrogens is 352 g/mol. The van der Waals surface area contributed by atoms with Gasteiger partial charge >= 0.3 is 6.03 Å². The van der Waals surface area contributed by atoms with Crippen molar-refractivity contribution in [3.8, 4) is 0 Å². The number of urea groups is 1. The number of anilines is 3. The fourth-order valence-corrected chi connectivity index (χ4v) is 3.21. The van der Waals surface area contributed by atoms with E-state index in [2.05, 4.69) is 10.3 Å². The van der Waals surface area contributed by atoms with Crippen LogP contribution < -0.4 is 15.1 Å². The van der Waals surface area contributed by atoms with Crippen molar-refractivity contribution >= 4 is 29.1 Å². The van der Waals surface area contributed by atoms with Crippen LogP contribution in [0, 0.1) is 6.92 Å². The van der Waals surface area contributed by atoms with E-state index in [0.717, 1.165) is 11.3 Å². The standard InChI is InChI=1S/C22H20N4O2/c1-16-6-5-7-17(14-16)21(27)24-18-10-11-20(23-15-18)26-13-12-25(22(26)28)19-8-3-2-4-9-19/h2-11,14-15H,12-13H2,1H3,(H,24,27). The summed E-state index contributed by atoms with van der Waals surface area (Å²) in [5, 5.41) is 2.83. The lowest BCUT2D eigenvalue weighted by Gasteiger charge is -2.18. The highest BCUT2D eigenvalue weighted by atomic mass is 16.2. The molecule has 4 rings (SSSR count). The molecule has 3 aromatic rings. The van der Waals surface area contributed by atoms with E-state index in [1.807, 2.05) is 55.5 Å².